The molecule has 0 saturated carbocycles. The molecule has 0 spiro atoms. The van der Waals surface area contributed by atoms with Crippen molar-refractivity contribution in [1.29, 1.82) is 0 Å². The number of amides is 1. The number of aryl methyl sites for hydroxylation is 1. The van der Waals surface area contributed by atoms with E-state index in [1.807, 2.05) is 11.0 Å². The Morgan fingerprint density at radius 2 is 1.94 bits per heavy atom. The first-order valence-electron chi connectivity index (χ1n) is 12.0. The molecule has 2 aliphatic rings. The van der Waals surface area contributed by atoms with Crippen molar-refractivity contribution in [2.75, 3.05) is 32.8 Å². The molecule has 0 bridgehead atoms. The zero-order valence-electron chi connectivity index (χ0n) is 19.5. The lowest BCUT2D eigenvalue weighted by molar-refractivity contribution is -0.151. The van der Waals surface area contributed by atoms with E-state index in [1.165, 1.54) is 16.7 Å². The quantitative estimate of drug-likeness (QED) is 0.649. The van der Waals surface area contributed by atoms with Gasteiger partial charge in [0.05, 0.1) is 13.2 Å². The van der Waals surface area contributed by atoms with Crippen LogP contribution in [0.3, 0.4) is 0 Å². The summed E-state index contributed by atoms with van der Waals surface area (Å²) < 4.78 is 11.8. The van der Waals surface area contributed by atoms with Crippen molar-refractivity contribution in [3.8, 4) is 5.75 Å². The maximum Gasteiger partial charge on any atom is 0.253 e. The molecule has 0 aliphatic carbocycles. The van der Waals surface area contributed by atoms with E-state index in [0.717, 1.165) is 51.3 Å². The summed E-state index contributed by atoms with van der Waals surface area (Å²) in [6, 6.07) is 16.8. The van der Waals surface area contributed by atoms with Crippen LogP contribution in [0.15, 0.2) is 48.5 Å². The molecule has 5 nitrogen and oxygen atoms in total. The second-order valence-corrected chi connectivity index (χ2v) is 9.44. The molecule has 2 aromatic rings. The van der Waals surface area contributed by atoms with Crippen molar-refractivity contribution in [2.24, 2.45) is 5.92 Å². The normalized spacial score (nSPS) is 19.2. The van der Waals surface area contributed by atoms with Crippen LogP contribution in [0, 0.1) is 5.92 Å². The third kappa shape index (κ3) is 6.11. The number of rotatable bonds is 7. The number of benzene rings is 2. The SMILES string of the molecule is CC(C)CN(Cc1ccc2c(c1)CCCCO2)C(=O)[C@H]1CN(Cc2ccccc2)CCO1. The van der Waals surface area contributed by atoms with Crippen LogP contribution in [0.1, 0.15) is 43.4 Å². The number of hydrogen-bond acceptors (Lipinski definition) is 4. The second kappa shape index (κ2) is 11.0. The summed E-state index contributed by atoms with van der Waals surface area (Å²) in [6.45, 7) is 9.39. The Kier molecular flexibility index (Phi) is 7.82. The molecule has 172 valence electrons. The number of fused-ring (bicyclic) bond motifs is 1. The first kappa shape index (κ1) is 22.8. The monoisotopic (exact) mass is 436 g/mol. The Morgan fingerprint density at radius 1 is 1.09 bits per heavy atom. The highest BCUT2D eigenvalue weighted by atomic mass is 16.5. The van der Waals surface area contributed by atoms with Crippen LogP contribution in [0.4, 0.5) is 0 Å². The van der Waals surface area contributed by atoms with Gasteiger partial charge in [0, 0.05) is 32.7 Å². The lowest BCUT2D eigenvalue weighted by atomic mass is 10.0. The summed E-state index contributed by atoms with van der Waals surface area (Å²) >= 11 is 0. The van der Waals surface area contributed by atoms with Crippen molar-refractivity contribution < 1.29 is 14.3 Å². The molecular formula is C27H36N2O3. The number of nitrogens with zero attached hydrogens (tertiary/aromatic N) is 2. The smallest absolute Gasteiger partial charge is 0.253 e. The largest absolute Gasteiger partial charge is 0.493 e. The first-order chi connectivity index (χ1) is 15.6. The van der Waals surface area contributed by atoms with Crippen molar-refractivity contribution in [3.63, 3.8) is 0 Å². The molecule has 2 heterocycles. The molecule has 2 aliphatic heterocycles. The van der Waals surface area contributed by atoms with E-state index in [2.05, 4.69) is 61.2 Å². The summed E-state index contributed by atoms with van der Waals surface area (Å²) in [4.78, 5) is 17.8. The van der Waals surface area contributed by atoms with Crippen molar-refractivity contribution >= 4 is 5.91 Å². The summed E-state index contributed by atoms with van der Waals surface area (Å²) in [7, 11) is 0. The Hall–Kier alpha value is -2.37. The van der Waals surface area contributed by atoms with Crippen molar-refractivity contribution in [3.05, 3.63) is 65.2 Å². The molecule has 32 heavy (non-hydrogen) atoms. The third-order valence-corrected chi connectivity index (χ3v) is 6.17. The highest BCUT2D eigenvalue weighted by Crippen LogP contribution is 2.26. The Morgan fingerprint density at radius 3 is 2.75 bits per heavy atom. The van der Waals surface area contributed by atoms with Gasteiger partial charge in [0.2, 0.25) is 0 Å². The van der Waals surface area contributed by atoms with E-state index in [0.29, 0.717) is 25.6 Å². The molecule has 1 atom stereocenters. The molecule has 0 unspecified atom stereocenters. The van der Waals surface area contributed by atoms with Crippen molar-refractivity contribution in [2.45, 2.75) is 52.3 Å². The van der Waals surface area contributed by atoms with Gasteiger partial charge in [0.25, 0.3) is 5.91 Å². The molecule has 1 amide bonds. The fourth-order valence-corrected chi connectivity index (χ4v) is 4.60. The molecule has 0 aromatic heterocycles. The lowest BCUT2D eigenvalue weighted by Crippen LogP contribution is -2.51. The topological polar surface area (TPSA) is 42.0 Å². The maximum atomic E-state index is 13.5. The standard InChI is InChI=1S/C27H36N2O3/c1-21(2)17-29(19-23-11-12-25-24(16-23)10-6-7-14-31-25)27(30)26-20-28(13-15-32-26)18-22-8-4-3-5-9-22/h3-5,8-9,11-12,16,21,26H,6-7,10,13-15,17-20H2,1-2H3/t26-/m1/s1. The Bertz CT molecular complexity index is 884. The fraction of sp³-hybridized carbons (Fsp3) is 0.519. The van der Waals surface area contributed by atoms with Crippen LogP contribution in [-0.2, 0) is 29.0 Å². The molecule has 5 heteroatoms. The van der Waals surface area contributed by atoms with Crippen LogP contribution in [0.5, 0.6) is 5.75 Å². The fourth-order valence-electron chi connectivity index (χ4n) is 4.60. The minimum absolute atomic E-state index is 0.0997. The van der Waals surface area contributed by atoms with Gasteiger partial charge in [0.15, 0.2) is 0 Å². The maximum absolute atomic E-state index is 13.5. The van der Waals surface area contributed by atoms with Gasteiger partial charge in [-0.1, -0.05) is 56.3 Å². The molecule has 1 saturated heterocycles. The van der Waals surface area contributed by atoms with E-state index in [4.69, 9.17) is 9.47 Å². The number of carbonyl (C=O) groups is 1. The summed E-state index contributed by atoms with van der Waals surface area (Å²) in [6.07, 6.45) is 2.88. The average Bonchev–Trinajstić information content (AvgIpc) is 3.04. The van der Waals surface area contributed by atoms with Crippen LogP contribution in [0.2, 0.25) is 0 Å². The van der Waals surface area contributed by atoms with E-state index in [9.17, 15) is 4.79 Å². The highest BCUT2D eigenvalue weighted by Gasteiger charge is 2.30. The predicted molar refractivity (Wildman–Crippen MR) is 127 cm³/mol. The molecule has 1 fully saturated rings. The van der Waals surface area contributed by atoms with Gasteiger partial charge in [-0.05, 0) is 47.9 Å². The number of ether oxygens (including phenoxy) is 2. The average molecular weight is 437 g/mol. The van der Waals surface area contributed by atoms with E-state index < -0.39 is 6.10 Å². The van der Waals surface area contributed by atoms with Gasteiger partial charge < -0.3 is 14.4 Å². The van der Waals surface area contributed by atoms with Gasteiger partial charge in [-0.25, -0.2) is 0 Å². The molecular weight excluding hydrogens is 400 g/mol. The third-order valence-electron chi connectivity index (χ3n) is 6.17. The van der Waals surface area contributed by atoms with Gasteiger partial charge in [-0.15, -0.1) is 0 Å². The summed E-state index contributed by atoms with van der Waals surface area (Å²) in [5, 5.41) is 0. The van der Waals surface area contributed by atoms with Crippen LogP contribution in [0.25, 0.3) is 0 Å². The molecule has 4 rings (SSSR count). The number of hydrogen-bond donors (Lipinski definition) is 0. The zero-order valence-corrected chi connectivity index (χ0v) is 19.5. The minimum atomic E-state index is -0.407. The first-order valence-corrected chi connectivity index (χ1v) is 12.0. The summed E-state index contributed by atoms with van der Waals surface area (Å²) in [5.74, 6) is 1.50. The van der Waals surface area contributed by atoms with Gasteiger partial charge in [0.1, 0.15) is 11.9 Å². The zero-order chi connectivity index (χ0) is 22.3. The van der Waals surface area contributed by atoms with E-state index in [-0.39, 0.29) is 5.91 Å². The Labute approximate surface area is 192 Å². The number of morpholine rings is 1. The Balaban J connectivity index is 1.44. The van der Waals surface area contributed by atoms with Crippen LogP contribution < -0.4 is 4.74 Å². The highest BCUT2D eigenvalue weighted by molar-refractivity contribution is 5.81. The lowest BCUT2D eigenvalue weighted by Gasteiger charge is -2.35. The van der Waals surface area contributed by atoms with Gasteiger partial charge in [-0.3, -0.25) is 9.69 Å². The van der Waals surface area contributed by atoms with Crippen molar-refractivity contribution in [1.82, 2.24) is 9.80 Å². The molecule has 0 radical (unpaired) electrons. The molecule has 2 aromatic carbocycles. The van der Waals surface area contributed by atoms with Crippen LogP contribution in [-0.4, -0.2) is 54.7 Å². The predicted octanol–water partition coefficient (Wildman–Crippen LogP) is 4.29. The van der Waals surface area contributed by atoms with Gasteiger partial charge >= 0.3 is 0 Å². The van der Waals surface area contributed by atoms with E-state index >= 15 is 0 Å². The summed E-state index contributed by atoms with van der Waals surface area (Å²) in [5.41, 5.74) is 3.70. The number of carbonyl (C=O) groups excluding carboxylic acids is 1. The second-order valence-electron chi connectivity index (χ2n) is 9.44. The minimum Gasteiger partial charge on any atom is -0.493 e. The van der Waals surface area contributed by atoms with Gasteiger partial charge in [-0.2, -0.15) is 0 Å². The van der Waals surface area contributed by atoms with E-state index in [1.54, 1.807) is 0 Å². The molecule has 0 N–H and O–H groups in total. The van der Waals surface area contributed by atoms with Crippen LogP contribution >= 0.6 is 0 Å².